The summed E-state index contributed by atoms with van der Waals surface area (Å²) >= 11 is 0. The third-order valence-electron chi connectivity index (χ3n) is 12.0. The molecule has 62 heavy (non-hydrogen) atoms. The molecular weight excluding hydrogens is 810 g/mol. The van der Waals surface area contributed by atoms with Crippen LogP contribution in [-0.2, 0) is 47.5 Å². The van der Waals surface area contributed by atoms with Crippen molar-refractivity contribution in [2.45, 2.75) is 184 Å². The van der Waals surface area contributed by atoms with Crippen molar-refractivity contribution >= 4 is 24.0 Å². The minimum Gasteiger partial charge on any atom is -0.462 e. The standard InChI is InChI=1S/C44H71N3O15/c1-11-33(51)60-42-27(6)58-35(22-44(42,7)55)61-39-26(5)59-43(38(54)36(39)47(8)9)62-40-28(17-18-48)19-23(2)37(53)30(49)16-15-29(46-32-14-12-13-24(3)45-32)20-25(4)57-34(52)21-31(50)41(40)56-10/h12-16,18,23,25-31,35-43,49-50,53-55H,11,17,19-22H2,1-10H3,(H,45,46)/b16-15-/t23-,25-,26-,27+,28?,29?,30-,31-,35+,36-,37-,38-,39-,40+,41+,42+,43+,44-/m1/s1. The highest BCUT2D eigenvalue weighted by Gasteiger charge is 2.52. The number of nitrogens with one attached hydrogen (secondary N) is 1. The maximum Gasteiger partial charge on any atom is 0.308 e. The summed E-state index contributed by atoms with van der Waals surface area (Å²) in [7, 11) is 4.78. The largest absolute Gasteiger partial charge is 0.462 e. The number of methoxy groups -OCH3 is 1. The minimum atomic E-state index is -1.53. The Kier molecular flexibility index (Phi) is 19.2. The first-order chi connectivity index (χ1) is 29.2. The van der Waals surface area contributed by atoms with E-state index < -0.39 is 128 Å². The Morgan fingerprint density at radius 1 is 1.00 bits per heavy atom. The number of rotatable bonds is 12. The van der Waals surface area contributed by atoms with Gasteiger partial charge >= 0.3 is 11.9 Å². The van der Waals surface area contributed by atoms with E-state index in [0.717, 1.165) is 5.69 Å². The number of hydrogen-bond acceptors (Lipinski definition) is 18. The molecule has 0 saturated carbocycles. The zero-order chi connectivity index (χ0) is 46.1. The van der Waals surface area contributed by atoms with Crippen molar-refractivity contribution in [1.82, 2.24) is 9.88 Å². The molecule has 18 heteroatoms. The van der Waals surface area contributed by atoms with Gasteiger partial charge in [0.15, 0.2) is 18.7 Å². The van der Waals surface area contributed by atoms with Gasteiger partial charge in [-0.25, -0.2) is 4.98 Å². The fourth-order valence-corrected chi connectivity index (χ4v) is 8.82. The summed E-state index contributed by atoms with van der Waals surface area (Å²) in [5, 5.41) is 61.0. The third kappa shape index (κ3) is 13.7. The Morgan fingerprint density at radius 3 is 2.32 bits per heavy atom. The van der Waals surface area contributed by atoms with E-state index >= 15 is 0 Å². The van der Waals surface area contributed by atoms with E-state index in [2.05, 4.69) is 10.3 Å². The van der Waals surface area contributed by atoms with Crippen molar-refractivity contribution in [1.29, 1.82) is 0 Å². The van der Waals surface area contributed by atoms with E-state index in [9.17, 15) is 39.9 Å². The lowest BCUT2D eigenvalue weighted by molar-refractivity contribution is -0.344. The number of aryl methyl sites for hydroxylation is 1. The molecule has 18 atom stereocenters. The summed E-state index contributed by atoms with van der Waals surface area (Å²) < 4.78 is 42.5. The maximum absolute atomic E-state index is 13.4. The zero-order valence-corrected chi connectivity index (χ0v) is 37.7. The van der Waals surface area contributed by atoms with E-state index in [4.69, 9.17) is 33.2 Å². The molecule has 4 heterocycles. The molecule has 1 aromatic heterocycles. The van der Waals surface area contributed by atoms with Crippen molar-refractivity contribution in [3.63, 3.8) is 0 Å². The number of aliphatic hydroxyl groups excluding tert-OH is 4. The summed E-state index contributed by atoms with van der Waals surface area (Å²) in [6.45, 7) is 11.8. The van der Waals surface area contributed by atoms with Crippen LogP contribution in [0.2, 0.25) is 0 Å². The van der Waals surface area contributed by atoms with Gasteiger partial charge in [-0.3, -0.25) is 9.59 Å². The highest BCUT2D eigenvalue weighted by Crippen LogP contribution is 2.37. The highest BCUT2D eigenvalue weighted by atomic mass is 16.7. The molecule has 0 aliphatic carbocycles. The van der Waals surface area contributed by atoms with Crippen LogP contribution in [0.15, 0.2) is 30.4 Å². The number of carbonyl (C=O) groups is 3. The van der Waals surface area contributed by atoms with Crippen molar-refractivity contribution in [2.75, 3.05) is 26.5 Å². The number of ether oxygens (including phenoxy) is 7. The Labute approximate surface area is 365 Å². The number of likely N-dealkylation sites (N-methyl/N-ethyl adjacent to an activating group) is 1. The van der Waals surface area contributed by atoms with Crippen LogP contribution in [0, 0.1) is 18.8 Å². The topological polar surface area (TPSA) is 245 Å². The monoisotopic (exact) mass is 881 g/mol. The average Bonchev–Trinajstić information content (AvgIpc) is 3.18. The van der Waals surface area contributed by atoms with Gasteiger partial charge in [-0.1, -0.05) is 32.1 Å². The second-order valence-corrected chi connectivity index (χ2v) is 17.6. The van der Waals surface area contributed by atoms with Crippen molar-refractivity contribution in [2.24, 2.45) is 11.8 Å². The Balaban J connectivity index is 1.62. The van der Waals surface area contributed by atoms with Gasteiger partial charge in [-0.2, -0.15) is 0 Å². The lowest BCUT2D eigenvalue weighted by Gasteiger charge is -2.50. The number of aromatic nitrogens is 1. The second kappa shape index (κ2) is 23.2. The van der Waals surface area contributed by atoms with Crippen LogP contribution in [0.5, 0.6) is 0 Å². The minimum absolute atomic E-state index is 0.0562. The number of cyclic esters (lactones) is 1. The predicted octanol–water partition coefficient (Wildman–Crippen LogP) is 1.80. The number of hydrogen-bond donors (Lipinski definition) is 6. The van der Waals surface area contributed by atoms with Crippen LogP contribution >= 0.6 is 0 Å². The molecule has 2 saturated heterocycles. The smallest absolute Gasteiger partial charge is 0.308 e. The van der Waals surface area contributed by atoms with Gasteiger partial charge in [0.2, 0.25) is 0 Å². The molecule has 0 bridgehead atoms. The number of pyridine rings is 1. The third-order valence-corrected chi connectivity index (χ3v) is 12.0. The molecule has 0 radical (unpaired) electrons. The van der Waals surface area contributed by atoms with Crippen molar-refractivity contribution in [3.8, 4) is 0 Å². The summed E-state index contributed by atoms with van der Waals surface area (Å²) in [5.74, 6) is -2.10. The zero-order valence-electron chi connectivity index (χ0n) is 37.7. The van der Waals surface area contributed by atoms with Crippen LogP contribution in [-0.4, -0.2) is 172 Å². The van der Waals surface area contributed by atoms with Gasteiger partial charge in [0, 0.05) is 44.5 Å². The van der Waals surface area contributed by atoms with E-state index in [1.54, 1.807) is 72.7 Å². The number of anilines is 1. The molecule has 3 aliphatic rings. The molecule has 0 aromatic carbocycles. The van der Waals surface area contributed by atoms with E-state index in [-0.39, 0.29) is 32.1 Å². The number of aliphatic hydroxyl groups is 5. The van der Waals surface area contributed by atoms with Crippen LogP contribution in [0.4, 0.5) is 5.82 Å². The molecular formula is C44H71N3O15. The van der Waals surface area contributed by atoms with Crippen LogP contribution in [0.1, 0.15) is 85.8 Å². The lowest BCUT2D eigenvalue weighted by atomic mass is 9.81. The van der Waals surface area contributed by atoms with Gasteiger partial charge in [0.25, 0.3) is 0 Å². The summed E-state index contributed by atoms with van der Waals surface area (Å²) in [4.78, 5) is 44.0. The summed E-state index contributed by atoms with van der Waals surface area (Å²) in [5.41, 5.74) is -0.721. The molecule has 6 N–H and O–H groups in total. The molecule has 18 nitrogen and oxygen atoms in total. The normalized spacial score (nSPS) is 40.9. The first-order valence-corrected chi connectivity index (χ1v) is 21.7. The average molecular weight is 882 g/mol. The molecule has 352 valence electrons. The van der Waals surface area contributed by atoms with Crippen LogP contribution < -0.4 is 5.32 Å². The molecule has 2 unspecified atom stereocenters. The predicted molar refractivity (Wildman–Crippen MR) is 224 cm³/mol. The molecule has 0 amide bonds. The van der Waals surface area contributed by atoms with E-state index in [1.807, 2.05) is 19.1 Å². The van der Waals surface area contributed by atoms with Gasteiger partial charge in [0.1, 0.15) is 42.1 Å². The molecule has 1 aromatic rings. The Morgan fingerprint density at radius 2 is 1.71 bits per heavy atom. The maximum atomic E-state index is 13.4. The molecule has 2 fully saturated rings. The second-order valence-electron chi connectivity index (χ2n) is 17.6. The number of aldehydes is 1. The highest BCUT2D eigenvalue weighted by molar-refractivity contribution is 5.70. The summed E-state index contributed by atoms with van der Waals surface area (Å²) in [6, 6.07) is 4.19. The SMILES string of the molecule is CCC(=O)O[C@H]1[C@H](C)O[C@@H](O[C@H]2[C@H](N(C)C)[C@@H](O)[C@H](O[C@H]3C(CC=O)C[C@@H](C)[C@@H](O)[C@H](O)/C=C\C(Nc4cccc(C)n4)C[C@@H](C)OC(=O)C[C@@H](O)[C@@H]3OC)O[C@@H]2C)C[C@@]1(C)O. The van der Waals surface area contributed by atoms with Crippen LogP contribution in [0.25, 0.3) is 0 Å². The Bertz CT molecular complexity index is 1620. The quantitative estimate of drug-likeness (QED) is 0.0996. The number of esters is 2. The van der Waals surface area contributed by atoms with Gasteiger partial charge in [-0.15, -0.1) is 0 Å². The van der Waals surface area contributed by atoms with Gasteiger partial charge in [0.05, 0.1) is 49.1 Å². The fourth-order valence-electron chi connectivity index (χ4n) is 8.82. The van der Waals surface area contributed by atoms with E-state index in [1.165, 1.54) is 13.2 Å². The molecule has 3 aliphatic heterocycles. The first-order valence-electron chi connectivity index (χ1n) is 21.7. The fraction of sp³-hybridized carbons (Fsp3) is 0.773. The molecule has 0 spiro atoms. The summed E-state index contributed by atoms with van der Waals surface area (Å²) in [6.07, 6.45) is -10.9. The van der Waals surface area contributed by atoms with E-state index in [0.29, 0.717) is 12.1 Å². The first kappa shape index (κ1) is 51.5. The van der Waals surface area contributed by atoms with Crippen molar-refractivity contribution < 1.29 is 73.1 Å². The Hall–Kier alpha value is -3.14. The number of nitrogens with zero attached hydrogens (tertiary/aromatic N) is 2. The van der Waals surface area contributed by atoms with Crippen molar-refractivity contribution in [3.05, 3.63) is 36.0 Å². The lowest BCUT2D eigenvalue weighted by Crippen LogP contribution is -2.66. The van der Waals surface area contributed by atoms with Gasteiger partial charge in [-0.05, 0) is 79.1 Å². The number of carbonyl (C=O) groups excluding carboxylic acids is 3. The van der Waals surface area contributed by atoms with Crippen LogP contribution in [0.3, 0.4) is 0 Å². The van der Waals surface area contributed by atoms with Gasteiger partial charge < -0.3 is 73.7 Å². The molecule has 4 rings (SSSR count).